The largest absolute Gasteiger partial charge is 0.496 e. The fraction of sp³-hybridized carbons (Fsp3) is 0.211. The fourth-order valence-electron chi connectivity index (χ4n) is 2.63. The number of benzene rings is 2. The van der Waals surface area contributed by atoms with Crippen LogP contribution in [0.15, 0.2) is 59.6 Å². The summed E-state index contributed by atoms with van der Waals surface area (Å²) in [6.07, 6.45) is 1.70. The minimum atomic E-state index is -3.61. The standard InChI is InChI=1S/C19H20N2O4S/c1-14-13-16(8-9-17(14)24-2)26(22,23)21-11-12-25-18-7-3-5-15-6-4-10-20-19(15)18/h3-10,13,21H,11-12H2,1-2H3. The summed E-state index contributed by atoms with van der Waals surface area (Å²) in [6.45, 7) is 2.15. The van der Waals surface area contributed by atoms with Gasteiger partial charge in [-0.15, -0.1) is 0 Å². The van der Waals surface area contributed by atoms with Crippen LogP contribution in [0.4, 0.5) is 0 Å². The monoisotopic (exact) mass is 372 g/mol. The van der Waals surface area contributed by atoms with Crippen molar-refractivity contribution in [1.29, 1.82) is 0 Å². The van der Waals surface area contributed by atoms with E-state index in [9.17, 15) is 8.42 Å². The molecule has 0 aliphatic heterocycles. The first-order valence-corrected chi connectivity index (χ1v) is 9.60. The van der Waals surface area contributed by atoms with Crippen LogP contribution in [0.5, 0.6) is 11.5 Å². The smallest absolute Gasteiger partial charge is 0.240 e. The molecule has 0 aliphatic carbocycles. The molecule has 0 saturated carbocycles. The summed E-state index contributed by atoms with van der Waals surface area (Å²) in [7, 11) is -2.06. The van der Waals surface area contributed by atoms with Crippen molar-refractivity contribution in [1.82, 2.24) is 9.71 Å². The molecule has 2 aromatic carbocycles. The molecule has 0 fully saturated rings. The Morgan fingerprint density at radius 2 is 1.88 bits per heavy atom. The lowest BCUT2D eigenvalue weighted by molar-refractivity contribution is 0.326. The molecule has 0 aliphatic rings. The summed E-state index contributed by atoms with van der Waals surface area (Å²) < 4.78 is 38.2. The summed E-state index contributed by atoms with van der Waals surface area (Å²) in [4.78, 5) is 4.50. The van der Waals surface area contributed by atoms with E-state index >= 15 is 0 Å². The third-order valence-electron chi connectivity index (χ3n) is 3.92. The van der Waals surface area contributed by atoms with Crippen molar-refractivity contribution in [3.63, 3.8) is 0 Å². The summed E-state index contributed by atoms with van der Waals surface area (Å²) in [6, 6.07) is 14.2. The summed E-state index contributed by atoms with van der Waals surface area (Å²) >= 11 is 0. The van der Waals surface area contributed by atoms with Crippen LogP contribution in [0.2, 0.25) is 0 Å². The Kier molecular flexibility index (Phi) is 5.39. The predicted molar refractivity (Wildman–Crippen MR) is 100 cm³/mol. The lowest BCUT2D eigenvalue weighted by atomic mass is 10.2. The van der Waals surface area contributed by atoms with E-state index in [4.69, 9.17) is 9.47 Å². The van der Waals surface area contributed by atoms with E-state index in [1.807, 2.05) is 30.3 Å². The third kappa shape index (κ3) is 3.95. The zero-order chi connectivity index (χ0) is 18.6. The van der Waals surface area contributed by atoms with Crippen molar-refractivity contribution in [3.8, 4) is 11.5 Å². The van der Waals surface area contributed by atoms with Crippen LogP contribution in [-0.4, -0.2) is 33.7 Å². The number of aryl methyl sites for hydroxylation is 1. The van der Waals surface area contributed by atoms with Gasteiger partial charge in [0.1, 0.15) is 23.6 Å². The number of methoxy groups -OCH3 is 1. The molecule has 0 radical (unpaired) electrons. The zero-order valence-electron chi connectivity index (χ0n) is 14.6. The minimum absolute atomic E-state index is 0.149. The highest BCUT2D eigenvalue weighted by Gasteiger charge is 2.15. The van der Waals surface area contributed by atoms with Crippen LogP contribution >= 0.6 is 0 Å². The van der Waals surface area contributed by atoms with Gasteiger partial charge >= 0.3 is 0 Å². The van der Waals surface area contributed by atoms with Crippen molar-refractivity contribution in [2.75, 3.05) is 20.3 Å². The van der Waals surface area contributed by atoms with Gasteiger partial charge in [-0.2, -0.15) is 0 Å². The molecular weight excluding hydrogens is 352 g/mol. The number of sulfonamides is 1. The van der Waals surface area contributed by atoms with Crippen LogP contribution in [0.25, 0.3) is 10.9 Å². The number of para-hydroxylation sites is 1. The van der Waals surface area contributed by atoms with Gasteiger partial charge in [-0.3, -0.25) is 4.98 Å². The second-order valence-corrected chi connectivity index (χ2v) is 7.48. The molecule has 7 heteroatoms. The van der Waals surface area contributed by atoms with Crippen molar-refractivity contribution < 1.29 is 17.9 Å². The molecule has 26 heavy (non-hydrogen) atoms. The first-order valence-electron chi connectivity index (χ1n) is 8.12. The number of pyridine rings is 1. The number of nitrogens with zero attached hydrogens (tertiary/aromatic N) is 1. The lowest BCUT2D eigenvalue weighted by Gasteiger charge is -2.11. The molecule has 0 atom stereocenters. The van der Waals surface area contributed by atoms with E-state index in [1.165, 1.54) is 6.07 Å². The zero-order valence-corrected chi connectivity index (χ0v) is 15.4. The second kappa shape index (κ2) is 7.72. The van der Waals surface area contributed by atoms with Gasteiger partial charge in [-0.1, -0.05) is 18.2 Å². The van der Waals surface area contributed by atoms with Crippen LogP contribution in [0, 0.1) is 6.92 Å². The molecule has 0 saturated heterocycles. The summed E-state index contributed by atoms with van der Waals surface area (Å²) in [5.41, 5.74) is 1.51. The molecule has 0 bridgehead atoms. The van der Waals surface area contributed by atoms with E-state index in [-0.39, 0.29) is 18.0 Å². The number of hydrogen-bond acceptors (Lipinski definition) is 5. The van der Waals surface area contributed by atoms with Crippen molar-refractivity contribution >= 4 is 20.9 Å². The molecule has 136 valence electrons. The molecule has 1 aromatic heterocycles. The highest BCUT2D eigenvalue weighted by atomic mass is 32.2. The number of aromatic nitrogens is 1. The Balaban J connectivity index is 1.63. The maximum Gasteiger partial charge on any atom is 0.240 e. The number of rotatable bonds is 7. The molecule has 0 amide bonds. The summed E-state index contributed by atoms with van der Waals surface area (Å²) in [5.74, 6) is 1.28. The van der Waals surface area contributed by atoms with Crippen molar-refractivity contribution in [3.05, 3.63) is 60.3 Å². The average molecular weight is 372 g/mol. The van der Waals surface area contributed by atoms with Gasteiger partial charge in [0.2, 0.25) is 10.0 Å². The highest BCUT2D eigenvalue weighted by Crippen LogP contribution is 2.23. The maximum atomic E-state index is 12.4. The molecule has 3 aromatic rings. The SMILES string of the molecule is COc1ccc(S(=O)(=O)NCCOc2cccc3cccnc23)cc1C. The van der Waals surface area contributed by atoms with Gasteiger partial charge in [0.25, 0.3) is 0 Å². The molecule has 6 nitrogen and oxygen atoms in total. The van der Waals surface area contributed by atoms with Gasteiger partial charge in [0.15, 0.2) is 0 Å². The Hall–Kier alpha value is -2.64. The Labute approximate surface area is 152 Å². The van der Waals surface area contributed by atoms with Gasteiger partial charge in [0, 0.05) is 18.1 Å². The van der Waals surface area contributed by atoms with Gasteiger partial charge in [-0.05, 0) is 42.8 Å². The second-order valence-electron chi connectivity index (χ2n) is 5.71. The average Bonchev–Trinajstić information content (AvgIpc) is 2.65. The number of ether oxygens (including phenoxy) is 2. The van der Waals surface area contributed by atoms with E-state index < -0.39 is 10.0 Å². The predicted octanol–water partition coefficient (Wildman–Crippen LogP) is 2.91. The Bertz CT molecular complexity index is 1010. The van der Waals surface area contributed by atoms with E-state index in [0.29, 0.717) is 11.5 Å². The minimum Gasteiger partial charge on any atom is -0.496 e. The van der Waals surface area contributed by atoms with E-state index in [2.05, 4.69) is 9.71 Å². The molecule has 0 spiro atoms. The van der Waals surface area contributed by atoms with Crippen LogP contribution in [0.3, 0.4) is 0 Å². The fourth-order valence-corrected chi connectivity index (χ4v) is 3.73. The van der Waals surface area contributed by atoms with E-state index in [1.54, 1.807) is 32.4 Å². The summed E-state index contributed by atoms with van der Waals surface area (Å²) in [5, 5.41) is 0.972. The maximum absolute atomic E-state index is 12.4. The lowest BCUT2D eigenvalue weighted by Crippen LogP contribution is -2.28. The Morgan fingerprint density at radius 3 is 2.65 bits per heavy atom. The Morgan fingerprint density at radius 1 is 1.08 bits per heavy atom. The van der Waals surface area contributed by atoms with Crippen molar-refractivity contribution in [2.24, 2.45) is 0 Å². The number of nitrogens with one attached hydrogen (secondary N) is 1. The van der Waals surface area contributed by atoms with E-state index in [0.717, 1.165) is 16.5 Å². The van der Waals surface area contributed by atoms with Crippen LogP contribution in [0.1, 0.15) is 5.56 Å². The molecule has 0 unspecified atom stereocenters. The van der Waals surface area contributed by atoms with Gasteiger partial charge in [-0.25, -0.2) is 13.1 Å². The molecule has 1 heterocycles. The first-order chi connectivity index (χ1) is 12.5. The topological polar surface area (TPSA) is 77.5 Å². The van der Waals surface area contributed by atoms with Crippen LogP contribution < -0.4 is 14.2 Å². The number of fused-ring (bicyclic) bond motifs is 1. The van der Waals surface area contributed by atoms with Crippen LogP contribution in [-0.2, 0) is 10.0 Å². The first kappa shape index (κ1) is 18.2. The number of hydrogen-bond donors (Lipinski definition) is 1. The highest BCUT2D eigenvalue weighted by molar-refractivity contribution is 7.89. The van der Waals surface area contributed by atoms with Crippen molar-refractivity contribution in [2.45, 2.75) is 11.8 Å². The van der Waals surface area contributed by atoms with Gasteiger partial charge < -0.3 is 9.47 Å². The normalized spacial score (nSPS) is 11.5. The molecular formula is C19H20N2O4S. The molecule has 1 N–H and O–H groups in total. The quantitative estimate of drug-likeness (QED) is 0.645. The van der Waals surface area contributed by atoms with Gasteiger partial charge in [0.05, 0.1) is 12.0 Å². The molecule has 3 rings (SSSR count). The third-order valence-corrected chi connectivity index (χ3v) is 5.38.